The van der Waals surface area contributed by atoms with Crippen molar-refractivity contribution in [3.05, 3.63) is 23.8 Å². The Morgan fingerprint density at radius 2 is 2.20 bits per heavy atom. The molecule has 0 aliphatic carbocycles. The van der Waals surface area contributed by atoms with E-state index in [-0.39, 0.29) is 12.0 Å². The van der Waals surface area contributed by atoms with Crippen LogP contribution in [0.3, 0.4) is 0 Å². The Kier molecular flexibility index (Phi) is 4.49. The van der Waals surface area contributed by atoms with Crippen molar-refractivity contribution < 1.29 is 9.53 Å². The van der Waals surface area contributed by atoms with E-state index in [2.05, 4.69) is 0 Å². The minimum Gasteiger partial charge on any atom is -0.399 e. The van der Waals surface area contributed by atoms with Crippen molar-refractivity contribution in [1.29, 1.82) is 0 Å². The average molecular weight is 277 g/mol. The Labute approximate surface area is 120 Å². The van der Waals surface area contributed by atoms with Gasteiger partial charge in [-0.25, -0.2) is 0 Å². The molecule has 0 aromatic heterocycles. The maximum Gasteiger partial charge on any atom is 0.256 e. The highest BCUT2D eigenvalue weighted by Crippen LogP contribution is 2.24. The van der Waals surface area contributed by atoms with Crippen molar-refractivity contribution in [1.82, 2.24) is 4.90 Å². The molecule has 1 amide bonds. The summed E-state index contributed by atoms with van der Waals surface area (Å²) in [6, 6.07) is 5.47. The van der Waals surface area contributed by atoms with E-state index in [0.717, 1.165) is 25.1 Å². The minimum absolute atomic E-state index is 0.0303. The second-order valence-electron chi connectivity index (χ2n) is 5.42. The number of nitrogens with zero attached hydrogens (tertiary/aromatic N) is 2. The Bertz CT molecular complexity index is 488. The number of amides is 1. The van der Waals surface area contributed by atoms with Crippen molar-refractivity contribution in [3.8, 4) is 0 Å². The fourth-order valence-corrected chi connectivity index (χ4v) is 2.60. The minimum atomic E-state index is 0.0303. The van der Waals surface area contributed by atoms with Gasteiger partial charge in [0.15, 0.2) is 0 Å². The Morgan fingerprint density at radius 3 is 2.85 bits per heavy atom. The first kappa shape index (κ1) is 14.7. The van der Waals surface area contributed by atoms with Crippen molar-refractivity contribution in [2.45, 2.75) is 18.9 Å². The van der Waals surface area contributed by atoms with Gasteiger partial charge in [-0.1, -0.05) is 0 Å². The monoisotopic (exact) mass is 277 g/mol. The van der Waals surface area contributed by atoms with Crippen molar-refractivity contribution in [3.63, 3.8) is 0 Å². The molecule has 20 heavy (non-hydrogen) atoms. The predicted molar refractivity (Wildman–Crippen MR) is 81.1 cm³/mol. The third-order valence-corrected chi connectivity index (χ3v) is 3.73. The van der Waals surface area contributed by atoms with E-state index in [1.807, 2.05) is 36.0 Å². The fraction of sp³-hybridized carbons (Fsp3) is 0.533. The number of ether oxygens (including phenoxy) is 1. The highest BCUT2D eigenvalue weighted by molar-refractivity contribution is 6.00. The number of likely N-dealkylation sites (tertiary alicyclic amines) is 1. The van der Waals surface area contributed by atoms with Crippen molar-refractivity contribution in [2.75, 3.05) is 44.9 Å². The van der Waals surface area contributed by atoms with Gasteiger partial charge in [0.25, 0.3) is 5.91 Å². The number of carbonyl (C=O) groups excluding carboxylic acids is 1. The molecule has 5 nitrogen and oxygen atoms in total. The summed E-state index contributed by atoms with van der Waals surface area (Å²) in [6.45, 7) is 1.43. The molecular weight excluding hydrogens is 254 g/mol. The van der Waals surface area contributed by atoms with Crippen LogP contribution < -0.4 is 10.6 Å². The number of piperidine rings is 1. The lowest BCUT2D eigenvalue weighted by atomic mass is 10.0. The van der Waals surface area contributed by atoms with Crippen molar-refractivity contribution >= 4 is 17.3 Å². The number of nitrogens with two attached hydrogens (primary N) is 1. The number of anilines is 2. The molecule has 2 rings (SSSR count). The zero-order valence-electron chi connectivity index (χ0n) is 12.4. The molecule has 110 valence electrons. The Hall–Kier alpha value is -1.75. The Morgan fingerprint density at radius 1 is 1.45 bits per heavy atom. The summed E-state index contributed by atoms with van der Waals surface area (Å²) in [6.07, 6.45) is 2.12. The van der Waals surface area contributed by atoms with E-state index < -0.39 is 0 Å². The molecule has 1 aliphatic rings. The number of nitrogen functional groups attached to an aromatic ring is 1. The fourth-order valence-electron chi connectivity index (χ4n) is 2.60. The first-order chi connectivity index (χ1) is 9.52. The number of rotatable bonds is 3. The maximum absolute atomic E-state index is 12.7. The first-order valence-electron chi connectivity index (χ1n) is 6.92. The molecule has 1 unspecified atom stereocenters. The second-order valence-corrected chi connectivity index (χ2v) is 5.42. The highest BCUT2D eigenvalue weighted by Gasteiger charge is 2.26. The molecule has 5 heteroatoms. The number of hydrogen-bond acceptors (Lipinski definition) is 4. The molecule has 0 spiro atoms. The summed E-state index contributed by atoms with van der Waals surface area (Å²) in [5.41, 5.74) is 8.00. The maximum atomic E-state index is 12.7. The average Bonchev–Trinajstić information content (AvgIpc) is 2.46. The van der Waals surface area contributed by atoms with Crippen molar-refractivity contribution in [2.24, 2.45) is 0 Å². The van der Waals surface area contributed by atoms with Crippen LogP contribution in [0.2, 0.25) is 0 Å². The normalized spacial score (nSPS) is 18.9. The SMILES string of the molecule is COC1CCCN(C(=O)c2cc(N)ccc2N(C)C)C1. The van der Waals surface area contributed by atoms with E-state index in [1.54, 1.807) is 13.2 Å². The molecular formula is C15H23N3O2. The van der Waals surface area contributed by atoms with Gasteiger partial charge in [-0.3, -0.25) is 4.79 Å². The Balaban J connectivity index is 2.26. The van der Waals surface area contributed by atoms with Crippen LogP contribution in [0.5, 0.6) is 0 Å². The van der Waals surface area contributed by atoms with Gasteiger partial charge in [-0.2, -0.15) is 0 Å². The number of hydrogen-bond donors (Lipinski definition) is 1. The van der Waals surface area contributed by atoms with E-state index in [1.165, 1.54) is 0 Å². The van der Waals surface area contributed by atoms with Gasteiger partial charge in [0.1, 0.15) is 0 Å². The van der Waals surface area contributed by atoms with Gasteiger partial charge in [0.05, 0.1) is 11.7 Å². The molecule has 1 fully saturated rings. The van der Waals surface area contributed by atoms with Crippen LogP contribution in [0.4, 0.5) is 11.4 Å². The van der Waals surface area contributed by atoms with E-state index in [4.69, 9.17) is 10.5 Å². The molecule has 0 radical (unpaired) electrons. The molecule has 1 heterocycles. The quantitative estimate of drug-likeness (QED) is 0.852. The molecule has 1 saturated heterocycles. The second kappa shape index (κ2) is 6.13. The van der Waals surface area contributed by atoms with Crippen LogP contribution in [0, 0.1) is 0 Å². The topological polar surface area (TPSA) is 58.8 Å². The van der Waals surface area contributed by atoms with Gasteiger partial charge < -0.3 is 20.3 Å². The van der Waals surface area contributed by atoms with Gasteiger partial charge in [-0.15, -0.1) is 0 Å². The molecule has 0 bridgehead atoms. The lowest BCUT2D eigenvalue weighted by molar-refractivity contribution is 0.0269. The van der Waals surface area contributed by atoms with Crippen LogP contribution in [0.25, 0.3) is 0 Å². The van der Waals surface area contributed by atoms with Crippen LogP contribution in [0.1, 0.15) is 23.2 Å². The standard InChI is InChI=1S/C15H23N3O2/c1-17(2)14-7-6-11(16)9-13(14)15(19)18-8-4-5-12(10-18)20-3/h6-7,9,12H,4-5,8,10,16H2,1-3H3. The molecule has 1 atom stereocenters. The predicted octanol–water partition coefficient (Wildman–Crippen LogP) is 1.59. The van der Waals surface area contributed by atoms with Gasteiger partial charge in [0.2, 0.25) is 0 Å². The largest absolute Gasteiger partial charge is 0.399 e. The highest BCUT2D eigenvalue weighted by atomic mass is 16.5. The van der Waals surface area contributed by atoms with Crippen LogP contribution >= 0.6 is 0 Å². The first-order valence-corrected chi connectivity index (χ1v) is 6.92. The lowest BCUT2D eigenvalue weighted by Crippen LogP contribution is -2.43. The third kappa shape index (κ3) is 3.04. The zero-order valence-corrected chi connectivity index (χ0v) is 12.4. The smallest absolute Gasteiger partial charge is 0.256 e. The van der Waals surface area contributed by atoms with Crippen LogP contribution in [-0.2, 0) is 4.74 Å². The zero-order chi connectivity index (χ0) is 14.7. The lowest BCUT2D eigenvalue weighted by Gasteiger charge is -2.33. The summed E-state index contributed by atoms with van der Waals surface area (Å²) in [5.74, 6) is 0.0303. The summed E-state index contributed by atoms with van der Waals surface area (Å²) in [7, 11) is 5.55. The van der Waals surface area contributed by atoms with Gasteiger partial charge >= 0.3 is 0 Å². The number of carbonyl (C=O) groups is 1. The van der Waals surface area contributed by atoms with Gasteiger partial charge in [-0.05, 0) is 31.0 Å². The van der Waals surface area contributed by atoms with Gasteiger partial charge in [0, 0.05) is 45.7 Å². The molecule has 1 aromatic carbocycles. The molecule has 1 aromatic rings. The van der Waals surface area contributed by atoms with E-state index in [0.29, 0.717) is 17.8 Å². The molecule has 2 N–H and O–H groups in total. The third-order valence-electron chi connectivity index (χ3n) is 3.73. The molecule has 1 aliphatic heterocycles. The number of benzene rings is 1. The van der Waals surface area contributed by atoms with E-state index >= 15 is 0 Å². The summed E-state index contributed by atoms with van der Waals surface area (Å²) in [5, 5.41) is 0. The number of methoxy groups -OCH3 is 1. The summed E-state index contributed by atoms with van der Waals surface area (Å²) in [4.78, 5) is 16.5. The summed E-state index contributed by atoms with van der Waals surface area (Å²) < 4.78 is 5.38. The summed E-state index contributed by atoms with van der Waals surface area (Å²) >= 11 is 0. The van der Waals surface area contributed by atoms with E-state index in [9.17, 15) is 4.79 Å². The van der Waals surface area contributed by atoms with Crippen LogP contribution in [-0.4, -0.2) is 51.2 Å². The van der Waals surface area contributed by atoms with Crippen LogP contribution in [0.15, 0.2) is 18.2 Å². The molecule has 0 saturated carbocycles.